The third kappa shape index (κ3) is 6.34. The lowest BCUT2D eigenvalue weighted by molar-refractivity contribution is 0.0628. The summed E-state index contributed by atoms with van der Waals surface area (Å²) in [5.74, 6) is 1.68. The first-order valence-electron chi connectivity index (χ1n) is 12.4. The Morgan fingerprint density at radius 3 is 2.41 bits per heavy atom. The molecule has 1 aliphatic heterocycles. The second kappa shape index (κ2) is 11.5. The lowest BCUT2D eigenvalue weighted by atomic mass is 10.1. The summed E-state index contributed by atoms with van der Waals surface area (Å²) in [7, 11) is 1.58. The van der Waals surface area contributed by atoms with Crippen molar-refractivity contribution in [1.29, 1.82) is 0 Å². The number of carbonyl (C=O) groups excluding carboxylic acids is 1. The van der Waals surface area contributed by atoms with Crippen LogP contribution in [0.2, 0.25) is 0 Å². The van der Waals surface area contributed by atoms with Crippen molar-refractivity contribution in [3.8, 4) is 16.7 Å². The van der Waals surface area contributed by atoms with Gasteiger partial charge in [0, 0.05) is 56.2 Å². The monoisotopic (exact) mass is 514 g/mol. The summed E-state index contributed by atoms with van der Waals surface area (Å²) in [4.78, 5) is 22.1. The molecule has 37 heavy (non-hydrogen) atoms. The van der Waals surface area contributed by atoms with Crippen molar-refractivity contribution >= 4 is 17.4 Å². The Kier molecular flexibility index (Phi) is 7.77. The average Bonchev–Trinajstić information content (AvgIpc) is 3.37. The number of methoxy groups -OCH3 is 1. The van der Waals surface area contributed by atoms with E-state index >= 15 is 0 Å². The van der Waals surface area contributed by atoms with E-state index in [4.69, 9.17) is 9.47 Å². The predicted octanol–water partition coefficient (Wildman–Crippen LogP) is 5.20. The number of amides is 1. The molecular weight excluding hydrogens is 484 g/mol. The van der Waals surface area contributed by atoms with Crippen LogP contribution in [0, 0.1) is 6.92 Å². The molecule has 0 atom stereocenters. The van der Waals surface area contributed by atoms with Gasteiger partial charge >= 0.3 is 0 Å². The number of carbonyl (C=O) groups is 1. The normalized spacial score (nSPS) is 13.9. The molecule has 1 fully saturated rings. The molecule has 190 valence electrons. The predicted molar refractivity (Wildman–Crippen MR) is 145 cm³/mol. The highest BCUT2D eigenvalue weighted by atomic mass is 32.1. The molecule has 0 unspecified atom stereocenters. The van der Waals surface area contributed by atoms with E-state index in [0.717, 1.165) is 25.2 Å². The zero-order valence-corrected chi connectivity index (χ0v) is 21.9. The van der Waals surface area contributed by atoms with Crippen LogP contribution in [0.3, 0.4) is 0 Å². The highest BCUT2D eigenvalue weighted by Crippen LogP contribution is 2.34. The lowest BCUT2D eigenvalue weighted by Crippen LogP contribution is -2.48. The van der Waals surface area contributed by atoms with Crippen molar-refractivity contribution in [2.45, 2.75) is 19.9 Å². The molecule has 0 bridgehead atoms. The zero-order chi connectivity index (χ0) is 25.6. The molecular formula is C29H30N4O3S. The van der Waals surface area contributed by atoms with E-state index in [9.17, 15) is 4.79 Å². The molecule has 8 heteroatoms. The summed E-state index contributed by atoms with van der Waals surface area (Å²) in [6.45, 7) is 6.02. The first kappa shape index (κ1) is 24.9. The van der Waals surface area contributed by atoms with Crippen molar-refractivity contribution in [2.75, 3.05) is 33.3 Å². The molecule has 5 rings (SSSR count). The Morgan fingerprint density at radius 1 is 0.919 bits per heavy atom. The SMILES string of the molecule is COc1ccc(C(=O)N2CCN(Cc3ccccc3)CC2)cc1Oc1nc(Cc2ccc(C)cc2)ns1. The van der Waals surface area contributed by atoms with Crippen molar-refractivity contribution in [3.05, 3.63) is 101 Å². The molecule has 0 spiro atoms. The van der Waals surface area contributed by atoms with Crippen LogP contribution in [0.1, 0.15) is 32.9 Å². The zero-order valence-electron chi connectivity index (χ0n) is 21.1. The van der Waals surface area contributed by atoms with Crippen LogP contribution in [0.4, 0.5) is 0 Å². The third-order valence-electron chi connectivity index (χ3n) is 6.45. The van der Waals surface area contributed by atoms with Crippen LogP contribution < -0.4 is 9.47 Å². The topological polar surface area (TPSA) is 67.8 Å². The van der Waals surface area contributed by atoms with E-state index in [0.29, 0.717) is 47.6 Å². The number of hydrogen-bond acceptors (Lipinski definition) is 7. The fraction of sp³-hybridized carbons (Fsp3) is 0.276. The molecule has 7 nitrogen and oxygen atoms in total. The Bertz CT molecular complexity index is 1330. The minimum Gasteiger partial charge on any atom is -0.493 e. The Morgan fingerprint density at radius 2 is 1.68 bits per heavy atom. The van der Waals surface area contributed by atoms with E-state index in [1.54, 1.807) is 25.3 Å². The van der Waals surface area contributed by atoms with Gasteiger partial charge in [0.25, 0.3) is 11.1 Å². The van der Waals surface area contributed by atoms with Crippen molar-refractivity contribution in [3.63, 3.8) is 0 Å². The van der Waals surface area contributed by atoms with Crippen LogP contribution >= 0.6 is 11.5 Å². The number of rotatable bonds is 8. The molecule has 0 radical (unpaired) electrons. The molecule has 1 amide bonds. The summed E-state index contributed by atoms with van der Waals surface area (Å²) >= 11 is 1.19. The summed E-state index contributed by atoms with van der Waals surface area (Å²) in [5.41, 5.74) is 4.22. The molecule has 4 aromatic rings. The van der Waals surface area contributed by atoms with Gasteiger partial charge in [-0.15, -0.1) is 0 Å². The van der Waals surface area contributed by atoms with E-state index in [1.165, 1.54) is 22.7 Å². The number of benzene rings is 3. The molecule has 2 heterocycles. The molecule has 1 aromatic heterocycles. The van der Waals surface area contributed by atoms with Gasteiger partial charge < -0.3 is 14.4 Å². The number of hydrogen-bond donors (Lipinski definition) is 0. The molecule has 3 aromatic carbocycles. The van der Waals surface area contributed by atoms with Gasteiger partial charge in [0.2, 0.25) is 0 Å². The van der Waals surface area contributed by atoms with Gasteiger partial charge in [0.15, 0.2) is 17.3 Å². The van der Waals surface area contributed by atoms with Crippen LogP contribution in [-0.2, 0) is 13.0 Å². The number of ether oxygens (including phenoxy) is 2. The second-order valence-electron chi connectivity index (χ2n) is 9.16. The summed E-state index contributed by atoms with van der Waals surface area (Å²) in [6.07, 6.45) is 0.631. The van der Waals surface area contributed by atoms with E-state index in [1.807, 2.05) is 11.0 Å². The number of piperazine rings is 1. The van der Waals surface area contributed by atoms with Gasteiger partial charge in [-0.25, -0.2) is 0 Å². The van der Waals surface area contributed by atoms with Gasteiger partial charge in [-0.3, -0.25) is 9.69 Å². The fourth-order valence-corrected chi connectivity index (χ4v) is 4.92. The number of aromatic nitrogens is 2. The summed E-state index contributed by atoms with van der Waals surface area (Å²) in [5, 5.41) is 0.416. The minimum absolute atomic E-state index is 0.0100. The smallest absolute Gasteiger partial charge is 0.298 e. The lowest BCUT2D eigenvalue weighted by Gasteiger charge is -2.34. The van der Waals surface area contributed by atoms with Gasteiger partial charge in [0.05, 0.1) is 7.11 Å². The first-order chi connectivity index (χ1) is 18.1. The first-order valence-corrected chi connectivity index (χ1v) is 13.1. The van der Waals surface area contributed by atoms with Crippen molar-refractivity contribution in [2.24, 2.45) is 0 Å². The Hall–Kier alpha value is -3.75. The Balaban J connectivity index is 1.22. The van der Waals surface area contributed by atoms with Gasteiger partial charge in [-0.2, -0.15) is 9.36 Å². The highest BCUT2D eigenvalue weighted by Gasteiger charge is 2.23. The summed E-state index contributed by atoms with van der Waals surface area (Å²) in [6, 6.07) is 24.0. The van der Waals surface area contributed by atoms with Gasteiger partial charge in [-0.05, 0) is 36.2 Å². The van der Waals surface area contributed by atoms with Crippen LogP contribution in [0.25, 0.3) is 0 Å². The van der Waals surface area contributed by atoms with E-state index in [-0.39, 0.29) is 5.91 Å². The standard InChI is InChI=1S/C29H30N4O3S/c1-21-8-10-22(11-9-21)18-27-30-29(37-31-27)36-26-19-24(12-13-25(26)35-2)28(34)33-16-14-32(15-17-33)20-23-6-4-3-5-7-23/h3-13,19H,14-18,20H2,1-2H3. The maximum absolute atomic E-state index is 13.3. The quantitative estimate of drug-likeness (QED) is 0.322. The van der Waals surface area contributed by atoms with E-state index in [2.05, 4.69) is 69.7 Å². The minimum atomic E-state index is -0.0100. The fourth-order valence-electron chi connectivity index (χ4n) is 4.36. The van der Waals surface area contributed by atoms with E-state index < -0.39 is 0 Å². The van der Waals surface area contributed by atoms with Crippen LogP contribution in [0.15, 0.2) is 72.8 Å². The maximum atomic E-state index is 13.3. The van der Waals surface area contributed by atoms with Gasteiger partial charge in [0.1, 0.15) is 0 Å². The van der Waals surface area contributed by atoms with Crippen LogP contribution in [-0.4, -0.2) is 58.4 Å². The maximum Gasteiger partial charge on any atom is 0.298 e. The Labute approximate surface area is 221 Å². The molecule has 0 N–H and O–H groups in total. The third-order valence-corrected chi connectivity index (χ3v) is 7.08. The molecule has 0 saturated carbocycles. The van der Waals surface area contributed by atoms with Crippen molar-refractivity contribution in [1.82, 2.24) is 19.2 Å². The largest absolute Gasteiger partial charge is 0.493 e. The number of nitrogens with zero attached hydrogens (tertiary/aromatic N) is 4. The molecule has 1 aliphatic rings. The summed E-state index contributed by atoms with van der Waals surface area (Å²) < 4.78 is 16.0. The highest BCUT2D eigenvalue weighted by molar-refractivity contribution is 7.07. The molecule has 1 saturated heterocycles. The molecule has 0 aliphatic carbocycles. The average molecular weight is 515 g/mol. The van der Waals surface area contributed by atoms with Gasteiger partial charge in [-0.1, -0.05) is 60.2 Å². The van der Waals surface area contributed by atoms with Crippen LogP contribution in [0.5, 0.6) is 16.7 Å². The number of aryl methyl sites for hydroxylation is 1. The second-order valence-corrected chi connectivity index (χ2v) is 9.87. The van der Waals surface area contributed by atoms with Crippen molar-refractivity contribution < 1.29 is 14.3 Å².